The first-order valence-electron chi connectivity index (χ1n) is 6.92. The summed E-state index contributed by atoms with van der Waals surface area (Å²) in [5, 5.41) is 0. The molecular formula is C15H21NO2. The van der Waals surface area contributed by atoms with Crippen LogP contribution in [0.5, 0.6) is 0 Å². The van der Waals surface area contributed by atoms with Crippen LogP contribution < -0.4 is 4.90 Å². The maximum Gasteiger partial charge on any atom is 0.194 e. The van der Waals surface area contributed by atoms with Gasteiger partial charge in [-0.25, -0.2) is 0 Å². The van der Waals surface area contributed by atoms with Crippen molar-refractivity contribution in [2.24, 2.45) is 0 Å². The number of hydrogen-bond donors (Lipinski definition) is 0. The number of para-hydroxylation sites is 1. The van der Waals surface area contributed by atoms with Gasteiger partial charge in [0.25, 0.3) is 0 Å². The highest BCUT2D eigenvalue weighted by Crippen LogP contribution is 2.37. The maximum absolute atomic E-state index is 5.81. The predicted molar refractivity (Wildman–Crippen MR) is 71.8 cm³/mol. The molecule has 2 aliphatic heterocycles. The van der Waals surface area contributed by atoms with E-state index in [-0.39, 0.29) is 0 Å². The Bertz CT molecular complexity index is 407. The Hall–Kier alpha value is -1.06. The largest absolute Gasteiger partial charge is 0.371 e. The first kappa shape index (κ1) is 12.0. The Labute approximate surface area is 109 Å². The molecule has 1 aromatic carbocycles. The minimum Gasteiger partial charge on any atom is -0.371 e. The van der Waals surface area contributed by atoms with Gasteiger partial charge in [0, 0.05) is 24.3 Å². The van der Waals surface area contributed by atoms with Crippen molar-refractivity contribution in [1.82, 2.24) is 0 Å². The summed E-state index contributed by atoms with van der Waals surface area (Å²) >= 11 is 0. The van der Waals surface area contributed by atoms with Crippen LogP contribution in [0.25, 0.3) is 0 Å². The number of anilines is 1. The topological polar surface area (TPSA) is 21.7 Å². The summed E-state index contributed by atoms with van der Waals surface area (Å²) in [4.78, 5) is 2.47. The lowest BCUT2D eigenvalue weighted by Gasteiger charge is -2.34. The van der Waals surface area contributed by atoms with Crippen molar-refractivity contribution in [3.63, 3.8) is 0 Å². The zero-order valence-electron chi connectivity index (χ0n) is 11.0. The van der Waals surface area contributed by atoms with E-state index in [2.05, 4.69) is 29.2 Å². The van der Waals surface area contributed by atoms with Crippen molar-refractivity contribution >= 4 is 5.69 Å². The molecule has 2 heterocycles. The molecular weight excluding hydrogens is 226 g/mol. The third-order valence-corrected chi connectivity index (χ3v) is 3.93. The fourth-order valence-electron chi connectivity index (χ4n) is 2.94. The minimum atomic E-state index is -0.561. The third-order valence-electron chi connectivity index (χ3n) is 3.93. The minimum absolute atomic E-state index is 0.561. The quantitative estimate of drug-likeness (QED) is 0.802. The standard InChI is InChI=1S/C15H21NO2/c1-15(17-11-12-18-15)13-7-3-4-8-14(13)16-9-5-2-6-10-16/h3-4,7-8H,2,5-6,9-12H2,1H3. The van der Waals surface area contributed by atoms with Gasteiger partial charge < -0.3 is 14.4 Å². The van der Waals surface area contributed by atoms with Crippen LogP contribution >= 0.6 is 0 Å². The fraction of sp³-hybridized carbons (Fsp3) is 0.600. The summed E-state index contributed by atoms with van der Waals surface area (Å²) in [6.45, 7) is 5.69. The second kappa shape index (κ2) is 4.90. The van der Waals surface area contributed by atoms with Crippen molar-refractivity contribution in [2.45, 2.75) is 32.0 Å². The lowest BCUT2D eigenvalue weighted by Crippen LogP contribution is -2.33. The van der Waals surface area contributed by atoms with Crippen molar-refractivity contribution < 1.29 is 9.47 Å². The lowest BCUT2D eigenvalue weighted by atomic mass is 10.0. The summed E-state index contributed by atoms with van der Waals surface area (Å²) in [6, 6.07) is 8.50. The molecule has 1 aromatic rings. The van der Waals surface area contributed by atoms with Crippen LogP contribution in [0.3, 0.4) is 0 Å². The second-order valence-corrected chi connectivity index (χ2v) is 5.21. The van der Waals surface area contributed by atoms with E-state index in [0.29, 0.717) is 13.2 Å². The van der Waals surface area contributed by atoms with Crippen LogP contribution in [0.1, 0.15) is 31.7 Å². The van der Waals surface area contributed by atoms with Crippen molar-refractivity contribution in [1.29, 1.82) is 0 Å². The number of benzene rings is 1. The van der Waals surface area contributed by atoms with E-state index in [9.17, 15) is 0 Å². The van der Waals surface area contributed by atoms with Crippen LogP contribution in [-0.4, -0.2) is 26.3 Å². The molecule has 0 aliphatic carbocycles. The molecule has 2 aliphatic rings. The summed E-state index contributed by atoms with van der Waals surface area (Å²) in [5.74, 6) is -0.561. The highest BCUT2D eigenvalue weighted by Gasteiger charge is 2.36. The van der Waals surface area contributed by atoms with Gasteiger partial charge in [0.15, 0.2) is 5.79 Å². The summed E-state index contributed by atoms with van der Waals surface area (Å²) in [5.41, 5.74) is 2.45. The van der Waals surface area contributed by atoms with Gasteiger partial charge in [0.1, 0.15) is 0 Å². The number of piperidine rings is 1. The highest BCUT2D eigenvalue weighted by atomic mass is 16.7. The van der Waals surface area contributed by atoms with E-state index >= 15 is 0 Å². The van der Waals surface area contributed by atoms with Crippen LogP contribution in [0.2, 0.25) is 0 Å². The molecule has 3 heteroatoms. The normalized spacial score (nSPS) is 23.3. The zero-order chi connectivity index (χ0) is 12.4. The van der Waals surface area contributed by atoms with E-state index in [1.807, 2.05) is 6.92 Å². The van der Waals surface area contributed by atoms with Gasteiger partial charge in [0.05, 0.1) is 13.2 Å². The van der Waals surface area contributed by atoms with Crippen LogP contribution in [-0.2, 0) is 15.3 Å². The van der Waals surface area contributed by atoms with E-state index in [4.69, 9.17) is 9.47 Å². The molecule has 3 rings (SSSR count). The Morgan fingerprint density at radius 3 is 2.39 bits per heavy atom. The van der Waals surface area contributed by atoms with Gasteiger partial charge in [-0.2, -0.15) is 0 Å². The van der Waals surface area contributed by atoms with E-state index in [1.54, 1.807) is 0 Å². The summed E-state index contributed by atoms with van der Waals surface area (Å²) in [7, 11) is 0. The Balaban J connectivity index is 1.93. The van der Waals surface area contributed by atoms with E-state index < -0.39 is 5.79 Å². The van der Waals surface area contributed by atoms with Gasteiger partial charge in [-0.15, -0.1) is 0 Å². The van der Waals surface area contributed by atoms with Gasteiger partial charge in [0.2, 0.25) is 0 Å². The average Bonchev–Trinajstić information content (AvgIpc) is 2.88. The van der Waals surface area contributed by atoms with Crippen molar-refractivity contribution in [3.8, 4) is 0 Å². The molecule has 0 aromatic heterocycles. The molecule has 0 spiro atoms. The molecule has 2 fully saturated rings. The van der Waals surface area contributed by atoms with E-state index in [0.717, 1.165) is 13.1 Å². The van der Waals surface area contributed by atoms with Gasteiger partial charge >= 0.3 is 0 Å². The smallest absolute Gasteiger partial charge is 0.194 e. The molecule has 18 heavy (non-hydrogen) atoms. The van der Waals surface area contributed by atoms with Crippen LogP contribution in [0, 0.1) is 0 Å². The Kier molecular flexibility index (Phi) is 3.27. The maximum atomic E-state index is 5.81. The first-order chi connectivity index (χ1) is 8.80. The van der Waals surface area contributed by atoms with E-state index in [1.165, 1.54) is 30.5 Å². The molecule has 0 amide bonds. The summed E-state index contributed by atoms with van der Waals surface area (Å²) in [6.07, 6.45) is 3.92. The average molecular weight is 247 g/mol. The SMILES string of the molecule is CC1(c2ccccc2N2CCCCC2)OCCO1. The molecule has 2 saturated heterocycles. The molecule has 0 radical (unpaired) electrons. The molecule has 0 atom stereocenters. The molecule has 0 saturated carbocycles. The lowest BCUT2D eigenvalue weighted by molar-refractivity contribution is -0.149. The number of nitrogens with zero attached hydrogens (tertiary/aromatic N) is 1. The Morgan fingerprint density at radius 1 is 1.00 bits per heavy atom. The summed E-state index contributed by atoms with van der Waals surface area (Å²) < 4.78 is 11.6. The second-order valence-electron chi connectivity index (χ2n) is 5.21. The molecule has 0 unspecified atom stereocenters. The number of ether oxygens (including phenoxy) is 2. The monoisotopic (exact) mass is 247 g/mol. The molecule has 0 N–H and O–H groups in total. The zero-order valence-corrected chi connectivity index (χ0v) is 11.0. The third kappa shape index (κ3) is 2.13. The van der Waals surface area contributed by atoms with Crippen molar-refractivity contribution in [2.75, 3.05) is 31.2 Å². The van der Waals surface area contributed by atoms with Crippen LogP contribution in [0.4, 0.5) is 5.69 Å². The van der Waals surface area contributed by atoms with Gasteiger partial charge in [-0.1, -0.05) is 18.2 Å². The van der Waals surface area contributed by atoms with Gasteiger partial charge in [-0.05, 0) is 32.3 Å². The number of rotatable bonds is 2. The number of hydrogen-bond acceptors (Lipinski definition) is 3. The first-order valence-corrected chi connectivity index (χ1v) is 6.92. The highest BCUT2D eigenvalue weighted by molar-refractivity contribution is 5.55. The fourth-order valence-corrected chi connectivity index (χ4v) is 2.94. The van der Waals surface area contributed by atoms with Crippen molar-refractivity contribution in [3.05, 3.63) is 29.8 Å². The molecule has 98 valence electrons. The van der Waals surface area contributed by atoms with Gasteiger partial charge in [-0.3, -0.25) is 0 Å². The predicted octanol–water partition coefficient (Wildman–Crippen LogP) is 2.90. The molecule has 3 nitrogen and oxygen atoms in total. The van der Waals surface area contributed by atoms with Crippen LogP contribution in [0.15, 0.2) is 24.3 Å². The molecule has 0 bridgehead atoms. The Morgan fingerprint density at radius 2 is 1.67 bits per heavy atom.